The van der Waals surface area contributed by atoms with Crippen LogP contribution in [0.15, 0.2) is 47.8 Å². The molecule has 1 unspecified atom stereocenters. The average molecular weight is 558 g/mol. The molecule has 3 aromatic heterocycles. The van der Waals surface area contributed by atoms with Crippen molar-refractivity contribution >= 4 is 37.8 Å². The number of nitrogens with zero attached hydrogens (tertiary/aromatic N) is 7. The minimum Gasteiger partial charge on any atom is -0.347 e. The fraction of sp³-hybridized carbons (Fsp3) is 0.393. The van der Waals surface area contributed by atoms with Gasteiger partial charge in [-0.1, -0.05) is 25.1 Å². The molecule has 12 heteroatoms. The summed E-state index contributed by atoms with van der Waals surface area (Å²) in [5.41, 5.74) is 5.54. The Balaban J connectivity index is 1.31. The van der Waals surface area contributed by atoms with Gasteiger partial charge in [0.05, 0.1) is 22.1 Å². The van der Waals surface area contributed by atoms with Crippen LogP contribution in [0.25, 0.3) is 27.5 Å². The van der Waals surface area contributed by atoms with Crippen LogP contribution in [0.3, 0.4) is 0 Å². The van der Waals surface area contributed by atoms with Gasteiger partial charge < -0.3 is 5.32 Å². The van der Waals surface area contributed by atoms with E-state index >= 15 is 0 Å². The number of aryl methyl sites for hydroxylation is 2. The van der Waals surface area contributed by atoms with E-state index < -0.39 is 10.0 Å². The largest absolute Gasteiger partial charge is 0.347 e. The Labute approximate surface area is 232 Å². The number of fused-ring (bicyclic) bond motifs is 4. The number of hydrogen-bond donors (Lipinski definition) is 2. The highest BCUT2D eigenvalue weighted by atomic mass is 32.2. The van der Waals surface area contributed by atoms with Crippen molar-refractivity contribution in [2.75, 3.05) is 11.9 Å². The number of pyridine rings is 1. The second-order valence-electron chi connectivity index (χ2n) is 11.2. The first-order valence-corrected chi connectivity index (χ1v) is 15.2. The molecule has 0 saturated heterocycles. The summed E-state index contributed by atoms with van der Waals surface area (Å²) in [5, 5.41) is 22.3. The highest BCUT2D eigenvalue weighted by Crippen LogP contribution is 2.44. The third kappa shape index (κ3) is 4.22. The number of aromatic nitrogens is 7. The van der Waals surface area contributed by atoms with Crippen LogP contribution in [0, 0.1) is 5.92 Å². The maximum absolute atomic E-state index is 13.5. The molecule has 0 radical (unpaired) electrons. The molecule has 0 bridgehead atoms. The lowest BCUT2D eigenvalue weighted by molar-refractivity contribution is 0.561. The number of nitrogens with one attached hydrogen (secondary N) is 2. The molecule has 0 spiro atoms. The second-order valence-corrected chi connectivity index (χ2v) is 13.0. The van der Waals surface area contributed by atoms with E-state index in [1.54, 1.807) is 11.0 Å². The van der Waals surface area contributed by atoms with E-state index in [1.165, 1.54) is 0 Å². The van der Waals surface area contributed by atoms with Crippen molar-refractivity contribution in [3.05, 3.63) is 59.7 Å². The lowest BCUT2D eigenvalue weighted by Gasteiger charge is -2.19. The van der Waals surface area contributed by atoms with Gasteiger partial charge in [-0.2, -0.15) is 0 Å². The standard InChI is InChI=1S/C28H31N9O2S/c1-16(2)13-31-40(38,39)25-11-18-9-10-21(26(18)20-14-29-22(12-19(20)25)17-7-8-17)32-28-34-30-15-37(28)24-6-4-5-23-27(24)33-35-36(23)3/h4-6,11-12,14-17,21,31H,7-10,13H2,1-3H3,(H,32,34). The zero-order chi connectivity index (χ0) is 27.6. The first-order valence-electron chi connectivity index (χ1n) is 13.7. The van der Waals surface area contributed by atoms with Gasteiger partial charge in [0.2, 0.25) is 16.0 Å². The van der Waals surface area contributed by atoms with Crippen molar-refractivity contribution in [2.24, 2.45) is 13.0 Å². The van der Waals surface area contributed by atoms with Crippen LogP contribution < -0.4 is 10.0 Å². The summed E-state index contributed by atoms with van der Waals surface area (Å²) >= 11 is 0. The first-order chi connectivity index (χ1) is 19.3. The molecule has 0 aliphatic heterocycles. The Morgan fingerprint density at radius 3 is 2.75 bits per heavy atom. The van der Waals surface area contributed by atoms with Gasteiger partial charge in [-0.25, -0.2) is 17.8 Å². The molecule has 1 atom stereocenters. The van der Waals surface area contributed by atoms with E-state index in [2.05, 4.69) is 30.5 Å². The van der Waals surface area contributed by atoms with Gasteiger partial charge in [-0.3, -0.25) is 9.55 Å². The maximum atomic E-state index is 13.5. The van der Waals surface area contributed by atoms with Gasteiger partial charge in [-0.05, 0) is 67.0 Å². The van der Waals surface area contributed by atoms with Crippen LogP contribution in [0.1, 0.15) is 61.9 Å². The predicted molar refractivity (Wildman–Crippen MR) is 152 cm³/mol. The summed E-state index contributed by atoms with van der Waals surface area (Å²) < 4.78 is 33.5. The molecular weight excluding hydrogens is 526 g/mol. The molecule has 0 amide bonds. The Morgan fingerprint density at radius 2 is 1.95 bits per heavy atom. The molecule has 11 nitrogen and oxygen atoms in total. The van der Waals surface area contributed by atoms with Gasteiger partial charge in [0.1, 0.15) is 11.8 Å². The van der Waals surface area contributed by atoms with E-state index in [-0.39, 0.29) is 12.0 Å². The fourth-order valence-electron chi connectivity index (χ4n) is 5.67. The molecule has 2 aliphatic rings. The van der Waals surface area contributed by atoms with E-state index in [4.69, 9.17) is 4.98 Å². The highest BCUT2D eigenvalue weighted by Gasteiger charge is 2.32. The Morgan fingerprint density at radius 1 is 1.10 bits per heavy atom. The van der Waals surface area contributed by atoms with Gasteiger partial charge >= 0.3 is 0 Å². The summed E-state index contributed by atoms with van der Waals surface area (Å²) in [6, 6.07) is 9.67. The van der Waals surface area contributed by atoms with Gasteiger partial charge in [0.15, 0.2) is 0 Å². The van der Waals surface area contributed by atoms with Crippen LogP contribution >= 0.6 is 0 Å². The third-order valence-corrected chi connectivity index (χ3v) is 9.34. The zero-order valence-electron chi connectivity index (χ0n) is 22.7. The van der Waals surface area contributed by atoms with Crippen molar-refractivity contribution in [1.29, 1.82) is 0 Å². The third-order valence-electron chi connectivity index (χ3n) is 7.88. The minimum atomic E-state index is -3.69. The second kappa shape index (κ2) is 9.34. The number of benzene rings is 2. The molecule has 1 fully saturated rings. The quantitative estimate of drug-likeness (QED) is 0.293. The van der Waals surface area contributed by atoms with Crippen LogP contribution in [-0.4, -0.2) is 49.7 Å². The van der Waals surface area contributed by atoms with Gasteiger partial charge in [0.25, 0.3) is 0 Å². The maximum Gasteiger partial charge on any atom is 0.241 e. The normalized spacial score (nSPS) is 17.2. The van der Waals surface area contributed by atoms with Crippen molar-refractivity contribution in [3.8, 4) is 5.69 Å². The lowest BCUT2D eigenvalue weighted by Crippen LogP contribution is -2.28. The average Bonchev–Trinajstić information content (AvgIpc) is 3.38. The summed E-state index contributed by atoms with van der Waals surface area (Å²) in [4.78, 5) is 5.12. The van der Waals surface area contributed by atoms with Crippen molar-refractivity contribution < 1.29 is 8.42 Å². The van der Waals surface area contributed by atoms with Crippen LogP contribution in [0.4, 0.5) is 5.95 Å². The summed E-state index contributed by atoms with van der Waals surface area (Å²) in [6.45, 7) is 4.39. The monoisotopic (exact) mass is 557 g/mol. The molecule has 2 aromatic carbocycles. The van der Waals surface area contributed by atoms with Crippen LogP contribution in [-0.2, 0) is 23.5 Å². The molecule has 2 aliphatic carbocycles. The van der Waals surface area contributed by atoms with E-state index in [0.717, 1.165) is 70.0 Å². The first kappa shape index (κ1) is 25.1. The fourth-order valence-corrected chi connectivity index (χ4v) is 7.13. The molecule has 3 heterocycles. The van der Waals surface area contributed by atoms with Gasteiger partial charge in [0, 0.05) is 42.2 Å². The number of anilines is 1. The summed E-state index contributed by atoms with van der Waals surface area (Å²) in [6.07, 6.45) is 7.26. The summed E-state index contributed by atoms with van der Waals surface area (Å²) in [5.74, 6) is 1.20. The molecule has 2 N–H and O–H groups in total. The topological polar surface area (TPSA) is 133 Å². The summed E-state index contributed by atoms with van der Waals surface area (Å²) in [7, 11) is -1.83. The van der Waals surface area contributed by atoms with Crippen LogP contribution in [0.2, 0.25) is 0 Å². The zero-order valence-corrected chi connectivity index (χ0v) is 23.5. The highest BCUT2D eigenvalue weighted by molar-refractivity contribution is 7.89. The Bertz CT molecular complexity index is 1870. The van der Waals surface area contributed by atoms with Crippen molar-refractivity contribution in [2.45, 2.75) is 56.4 Å². The van der Waals surface area contributed by atoms with E-state index in [9.17, 15) is 8.42 Å². The smallest absolute Gasteiger partial charge is 0.241 e. The number of sulfonamides is 1. The molecule has 7 rings (SSSR count). The predicted octanol–water partition coefficient (Wildman–Crippen LogP) is 4.01. The molecular formula is C28H31N9O2S. The van der Waals surface area contributed by atoms with E-state index in [1.807, 2.05) is 62.0 Å². The molecule has 1 saturated carbocycles. The van der Waals surface area contributed by atoms with E-state index in [0.29, 0.717) is 23.3 Å². The van der Waals surface area contributed by atoms with Crippen molar-refractivity contribution in [1.82, 2.24) is 39.5 Å². The lowest BCUT2D eigenvalue weighted by atomic mass is 9.99. The number of hydrogen-bond acceptors (Lipinski definition) is 8. The molecule has 206 valence electrons. The Hall–Kier alpha value is -3.90. The Kier molecular flexibility index (Phi) is 5.86. The molecule has 5 aromatic rings. The SMILES string of the molecule is CC(C)CNS(=O)(=O)c1cc2c(c3cnc(C4CC4)cc13)C(Nc1nncn1-c1cccc3c1nnn3C)CC2. The van der Waals surface area contributed by atoms with Crippen molar-refractivity contribution in [3.63, 3.8) is 0 Å². The number of rotatable bonds is 8. The molecule has 40 heavy (non-hydrogen) atoms. The van der Waals surface area contributed by atoms with Crippen LogP contribution in [0.5, 0.6) is 0 Å². The van der Waals surface area contributed by atoms with Gasteiger partial charge in [-0.15, -0.1) is 15.3 Å². The minimum absolute atomic E-state index is 0.0875.